The van der Waals surface area contributed by atoms with Crippen molar-refractivity contribution in [1.82, 2.24) is 4.90 Å². The van der Waals surface area contributed by atoms with Crippen LogP contribution in [0.3, 0.4) is 0 Å². The van der Waals surface area contributed by atoms with Crippen molar-refractivity contribution in [2.45, 2.75) is 52.4 Å². The Labute approximate surface area is 147 Å². The van der Waals surface area contributed by atoms with Crippen molar-refractivity contribution in [1.29, 1.82) is 0 Å². The quantitative estimate of drug-likeness (QED) is 0.552. The molecule has 1 heterocycles. The summed E-state index contributed by atoms with van der Waals surface area (Å²) in [5.74, 6) is -0.498. The highest BCUT2D eigenvalue weighted by Gasteiger charge is 2.56. The van der Waals surface area contributed by atoms with Crippen molar-refractivity contribution in [2.24, 2.45) is 5.41 Å². The van der Waals surface area contributed by atoms with Crippen molar-refractivity contribution >= 4 is 40.4 Å². The summed E-state index contributed by atoms with van der Waals surface area (Å²) in [6.45, 7) is 9.24. The zero-order chi connectivity index (χ0) is 18.0. The van der Waals surface area contributed by atoms with Gasteiger partial charge in [0.2, 0.25) is 4.38 Å². The lowest BCUT2D eigenvalue weighted by Gasteiger charge is -2.32. The molecule has 0 aliphatic carbocycles. The van der Waals surface area contributed by atoms with Crippen LogP contribution in [-0.2, 0) is 19.0 Å². The molecule has 0 radical (unpaired) electrons. The van der Waals surface area contributed by atoms with Gasteiger partial charge in [-0.3, -0.25) is 4.90 Å². The maximum atomic E-state index is 12.5. The molecule has 0 spiro atoms. The number of thioether (sulfide) groups is 1. The van der Waals surface area contributed by atoms with Crippen LogP contribution < -0.4 is 0 Å². The van der Waals surface area contributed by atoms with E-state index in [1.807, 2.05) is 20.1 Å². The van der Waals surface area contributed by atoms with Crippen LogP contribution in [0.15, 0.2) is 0 Å². The van der Waals surface area contributed by atoms with E-state index in [9.17, 15) is 9.59 Å². The van der Waals surface area contributed by atoms with Crippen LogP contribution in [0.25, 0.3) is 0 Å². The summed E-state index contributed by atoms with van der Waals surface area (Å²) in [4.78, 5) is 26.1. The van der Waals surface area contributed by atoms with Gasteiger partial charge >= 0.3 is 12.1 Å². The Hall–Kier alpha value is -1.02. The van der Waals surface area contributed by atoms with Crippen molar-refractivity contribution < 1.29 is 23.8 Å². The summed E-state index contributed by atoms with van der Waals surface area (Å²) < 4.78 is 16.4. The summed E-state index contributed by atoms with van der Waals surface area (Å²) in [5.41, 5.74) is -1.32. The SMILES string of the molecule is COC(=O)C1N(C(=O)OC(C)(C)C)CC(OC(=S)SC)C1(C)C. The fourth-order valence-corrected chi connectivity index (χ4v) is 2.82. The maximum Gasteiger partial charge on any atom is 0.411 e. The van der Waals surface area contributed by atoms with Crippen LogP contribution in [0, 0.1) is 5.41 Å². The van der Waals surface area contributed by atoms with Crippen LogP contribution in [0.5, 0.6) is 0 Å². The van der Waals surface area contributed by atoms with Gasteiger partial charge in [-0.05, 0) is 39.2 Å². The van der Waals surface area contributed by atoms with Gasteiger partial charge in [0.15, 0.2) is 0 Å². The molecule has 0 aromatic heterocycles. The van der Waals surface area contributed by atoms with Crippen LogP contribution in [-0.4, -0.2) is 59.0 Å². The summed E-state index contributed by atoms with van der Waals surface area (Å²) in [6.07, 6.45) is 0.828. The Morgan fingerprint density at radius 1 is 1.30 bits per heavy atom. The molecular formula is C15H25NO5S2. The highest BCUT2D eigenvalue weighted by atomic mass is 32.2. The van der Waals surface area contributed by atoms with Crippen molar-refractivity contribution in [2.75, 3.05) is 19.9 Å². The molecule has 6 nitrogen and oxygen atoms in total. The van der Waals surface area contributed by atoms with Gasteiger partial charge in [-0.2, -0.15) is 0 Å². The third kappa shape index (κ3) is 4.73. The maximum absolute atomic E-state index is 12.5. The molecule has 1 aliphatic rings. The minimum absolute atomic E-state index is 0.211. The zero-order valence-electron chi connectivity index (χ0n) is 14.7. The molecule has 2 unspecified atom stereocenters. The summed E-state index contributed by atoms with van der Waals surface area (Å²) in [7, 11) is 1.30. The number of carbonyl (C=O) groups excluding carboxylic acids is 2. The standard InChI is InChI=1S/C15H25NO5S2/c1-14(2,3)21-12(18)16-8-9(20-13(22)23-7)15(4,5)10(16)11(17)19-6/h9-10H,8H2,1-7H3. The number of nitrogens with zero attached hydrogens (tertiary/aromatic N) is 1. The van der Waals surface area contributed by atoms with E-state index < -0.39 is 35.2 Å². The van der Waals surface area contributed by atoms with Gasteiger partial charge in [-0.25, -0.2) is 9.59 Å². The first-order valence-corrected chi connectivity index (χ1v) is 8.89. The highest BCUT2D eigenvalue weighted by Crippen LogP contribution is 2.40. The summed E-state index contributed by atoms with van der Waals surface area (Å²) in [5, 5.41) is 0. The first kappa shape index (κ1) is 20.0. The number of hydrogen-bond donors (Lipinski definition) is 0. The third-order valence-corrected chi connectivity index (χ3v) is 4.69. The molecule has 132 valence electrons. The molecule has 23 heavy (non-hydrogen) atoms. The molecule has 1 rings (SSSR count). The number of ether oxygens (including phenoxy) is 3. The molecule has 0 N–H and O–H groups in total. The fourth-order valence-electron chi connectivity index (χ4n) is 2.49. The first-order chi connectivity index (χ1) is 10.4. The van der Waals surface area contributed by atoms with Crippen molar-refractivity contribution in [3.63, 3.8) is 0 Å². The Balaban J connectivity index is 3.10. The van der Waals surface area contributed by atoms with E-state index in [1.165, 1.54) is 23.8 Å². The van der Waals surface area contributed by atoms with Gasteiger partial charge < -0.3 is 14.2 Å². The second-order valence-electron chi connectivity index (χ2n) is 6.94. The molecule has 0 aromatic carbocycles. The highest BCUT2D eigenvalue weighted by molar-refractivity contribution is 8.22. The first-order valence-electron chi connectivity index (χ1n) is 7.26. The van der Waals surface area contributed by atoms with Gasteiger partial charge in [-0.15, -0.1) is 0 Å². The molecule has 2 atom stereocenters. The molecule has 1 fully saturated rings. The number of likely N-dealkylation sites (tertiary alicyclic amines) is 1. The van der Waals surface area contributed by atoms with Gasteiger partial charge in [0.05, 0.1) is 13.7 Å². The van der Waals surface area contributed by atoms with Gasteiger partial charge in [-0.1, -0.05) is 25.6 Å². The molecule has 0 saturated carbocycles. The monoisotopic (exact) mass is 363 g/mol. The number of rotatable bonds is 2. The van der Waals surface area contributed by atoms with E-state index in [2.05, 4.69) is 0 Å². The zero-order valence-corrected chi connectivity index (χ0v) is 16.3. The summed E-state index contributed by atoms with van der Waals surface area (Å²) in [6, 6.07) is -0.794. The third-order valence-electron chi connectivity index (χ3n) is 3.67. The van der Waals surface area contributed by atoms with Gasteiger partial charge in [0.1, 0.15) is 17.7 Å². The normalized spacial score (nSPS) is 23.3. The molecule has 0 bridgehead atoms. The minimum Gasteiger partial charge on any atom is -0.473 e. The lowest BCUT2D eigenvalue weighted by Crippen LogP contribution is -2.48. The largest absolute Gasteiger partial charge is 0.473 e. The van der Waals surface area contributed by atoms with E-state index in [1.54, 1.807) is 20.8 Å². The average molecular weight is 364 g/mol. The predicted octanol–water partition coefficient (Wildman–Crippen LogP) is 2.84. The Bertz CT molecular complexity index is 487. The number of hydrogen-bond acceptors (Lipinski definition) is 7. The molecule has 0 aromatic rings. The van der Waals surface area contributed by atoms with E-state index in [4.69, 9.17) is 26.4 Å². The Morgan fingerprint density at radius 2 is 1.87 bits per heavy atom. The minimum atomic E-state index is -0.794. The van der Waals surface area contributed by atoms with Gasteiger partial charge in [0, 0.05) is 5.41 Å². The molecular weight excluding hydrogens is 338 g/mol. The predicted molar refractivity (Wildman–Crippen MR) is 93.5 cm³/mol. The second-order valence-corrected chi connectivity index (χ2v) is 8.35. The number of esters is 1. The smallest absolute Gasteiger partial charge is 0.411 e. The van der Waals surface area contributed by atoms with Gasteiger partial charge in [0.25, 0.3) is 0 Å². The molecule has 1 amide bonds. The second kappa shape index (κ2) is 7.25. The van der Waals surface area contributed by atoms with Crippen molar-refractivity contribution in [3.05, 3.63) is 0 Å². The number of amides is 1. The Morgan fingerprint density at radius 3 is 2.30 bits per heavy atom. The lowest BCUT2D eigenvalue weighted by molar-refractivity contribution is -0.149. The van der Waals surface area contributed by atoms with E-state index in [0.29, 0.717) is 4.38 Å². The topological polar surface area (TPSA) is 65.1 Å². The van der Waals surface area contributed by atoms with E-state index in [0.717, 1.165) is 0 Å². The molecule has 8 heteroatoms. The number of carbonyl (C=O) groups is 2. The Kier molecular flexibility index (Phi) is 6.32. The molecule has 1 saturated heterocycles. The van der Waals surface area contributed by atoms with Crippen LogP contribution in [0.1, 0.15) is 34.6 Å². The van der Waals surface area contributed by atoms with Crippen molar-refractivity contribution in [3.8, 4) is 0 Å². The van der Waals surface area contributed by atoms with E-state index in [-0.39, 0.29) is 6.54 Å². The van der Waals surface area contributed by atoms with Crippen LogP contribution >= 0.6 is 24.0 Å². The summed E-state index contributed by atoms with van der Waals surface area (Å²) >= 11 is 6.41. The fraction of sp³-hybridized carbons (Fsp3) is 0.800. The number of thiocarbonyl (C=S) groups is 1. The van der Waals surface area contributed by atoms with E-state index >= 15 is 0 Å². The van der Waals surface area contributed by atoms with Crippen LogP contribution in [0.4, 0.5) is 4.79 Å². The number of methoxy groups -OCH3 is 1. The van der Waals surface area contributed by atoms with Crippen LogP contribution in [0.2, 0.25) is 0 Å². The average Bonchev–Trinajstić information content (AvgIpc) is 2.67. The molecule has 1 aliphatic heterocycles. The lowest BCUT2D eigenvalue weighted by atomic mass is 9.82.